The van der Waals surface area contributed by atoms with Crippen LogP contribution in [-0.2, 0) is 0 Å². The first-order valence-corrected chi connectivity index (χ1v) is 10.6. The van der Waals surface area contributed by atoms with Gasteiger partial charge in [-0.15, -0.1) is 0 Å². The maximum Gasteiger partial charge on any atom is -0.0317 e. The van der Waals surface area contributed by atoms with Crippen LogP contribution in [0.4, 0.5) is 0 Å². The van der Waals surface area contributed by atoms with Crippen molar-refractivity contribution in [3.63, 3.8) is 0 Å². The molecule has 0 N–H and O–H groups in total. The Bertz CT molecular complexity index is 372. The highest BCUT2D eigenvalue weighted by molar-refractivity contribution is 5.04. The summed E-state index contributed by atoms with van der Waals surface area (Å²) in [6.07, 6.45) is 10.3. The Morgan fingerprint density at radius 2 is 1.57 bits per heavy atom. The summed E-state index contributed by atoms with van der Waals surface area (Å²) in [6, 6.07) is 0. The van der Waals surface area contributed by atoms with Crippen LogP contribution in [0.5, 0.6) is 0 Å². The molecule has 6 atom stereocenters. The van der Waals surface area contributed by atoms with Gasteiger partial charge in [-0.3, -0.25) is 0 Å². The predicted octanol–water partition coefficient (Wildman–Crippen LogP) is 7.57. The second-order valence-electron chi connectivity index (χ2n) is 10.7. The van der Waals surface area contributed by atoms with Crippen molar-refractivity contribution in [2.24, 2.45) is 46.3 Å². The molecule has 2 bridgehead atoms. The standard InChI is InChI=1S/C23H44/c1-9-17(10-2)12-18-13-23(8)14-20(18)21(15-23)19(11-3)16(4)22(5,6)7/h16-21H,9-15H2,1-8H3. The van der Waals surface area contributed by atoms with Crippen molar-refractivity contribution in [3.8, 4) is 0 Å². The molecule has 0 heterocycles. The molecule has 0 nitrogen and oxygen atoms in total. The van der Waals surface area contributed by atoms with Gasteiger partial charge in [-0.2, -0.15) is 0 Å². The van der Waals surface area contributed by atoms with E-state index in [1.807, 2.05) is 0 Å². The Morgan fingerprint density at radius 3 is 2.00 bits per heavy atom. The normalized spacial score (nSPS) is 36.7. The molecule has 2 rings (SSSR count). The third-order valence-corrected chi connectivity index (χ3v) is 8.19. The molecule has 0 heteroatoms. The number of rotatable bonds is 7. The van der Waals surface area contributed by atoms with E-state index in [1.54, 1.807) is 0 Å². The van der Waals surface area contributed by atoms with E-state index < -0.39 is 0 Å². The van der Waals surface area contributed by atoms with Crippen molar-refractivity contribution in [1.82, 2.24) is 0 Å². The minimum absolute atomic E-state index is 0.453. The van der Waals surface area contributed by atoms with Crippen molar-refractivity contribution < 1.29 is 0 Å². The van der Waals surface area contributed by atoms with Crippen molar-refractivity contribution in [2.75, 3.05) is 0 Å². The van der Waals surface area contributed by atoms with Gasteiger partial charge < -0.3 is 0 Å². The summed E-state index contributed by atoms with van der Waals surface area (Å²) in [5.41, 5.74) is 1.13. The van der Waals surface area contributed by atoms with Crippen molar-refractivity contribution in [3.05, 3.63) is 0 Å². The van der Waals surface area contributed by atoms with Crippen LogP contribution in [-0.4, -0.2) is 0 Å². The van der Waals surface area contributed by atoms with Crippen LogP contribution in [0.1, 0.15) is 100 Å². The van der Waals surface area contributed by atoms with Gasteiger partial charge in [0.1, 0.15) is 0 Å². The van der Waals surface area contributed by atoms with Crippen LogP contribution in [0, 0.1) is 46.3 Å². The van der Waals surface area contributed by atoms with E-state index in [0.29, 0.717) is 10.8 Å². The lowest BCUT2D eigenvalue weighted by Gasteiger charge is -2.44. The molecule has 6 unspecified atom stereocenters. The Hall–Kier alpha value is 0. The van der Waals surface area contributed by atoms with Crippen molar-refractivity contribution >= 4 is 0 Å². The molecule has 0 aromatic carbocycles. The summed E-state index contributed by atoms with van der Waals surface area (Å²) in [6.45, 7) is 19.8. The second kappa shape index (κ2) is 7.09. The molecule has 0 spiro atoms. The van der Waals surface area contributed by atoms with Crippen molar-refractivity contribution in [1.29, 1.82) is 0 Å². The average molecular weight is 321 g/mol. The summed E-state index contributed by atoms with van der Waals surface area (Å²) in [5, 5.41) is 0. The first-order valence-electron chi connectivity index (χ1n) is 10.6. The quantitative estimate of drug-likeness (QED) is 0.453. The van der Waals surface area contributed by atoms with Crippen LogP contribution in [0.25, 0.3) is 0 Å². The fourth-order valence-corrected chi connectivity index (χ4v) is 6.44. The highest BCUT2D eigenvalue weighted by Crippen LogP contribution is 2.64. The Morgan fingerprint density at radius 1 is 0.957 bits per heavy atom. The number of fused-ring (bicyclic) bond motifs is 2. The highest BCUT2D eigenvalue weighted by Gasteiger charge is 2.55. The molecule has 2 aliphatic carbocycles. The summed E-state index contributed by atoms with van der Waals surface area (Å²) < 4.78 is 0. The maximum atomic E-state index is 2.61. The van der Waals surface area contributed by atoms with Crippen molar-refractivity contribution in [2.45, 2.75) is 100 Å². The molecule has 0 radical (unpaired) electrons. The molecule has 2 aliphatic rings. The monoisotopic (exact) mass is 320 g/mol. The lowest BCUT2D eigenvalue weighted by molar-refractivity contribution is 0.0544. The zero-order valence-corrected chi connectivity index (χ0v) is 17.4. The minimum Gasteiger partial charge on any atom is -0.0651 e. The van der Waals surface area contributed by atoms with Gasteiger partial charge in [-0.05, 0) is 72.0 Å². The van der Waals surface area contributed by atoms with Gasteiger partial charge in [0.25, 0.3) is 0 Å². The highest BCUT2D eigenvalue weighted by atomic mass is 14.6. The van der Waals surface area contributed by atoms with E-state index >= 15 is 0 Å². The zero-order valence-electron chi connectivity index (χ0n) is 17.4. The molecule has 0 aliphatic heterocycles. The molecule has 2 fully saturated rings. The second-order valence-corrected chi connectivity index (χ2v) is 10.7. The SMILES string of the molecule is CCC(CC)CC1CC2(C)CC1C(C(CC)C(C)C(C)(C)C)C2. The van der Waals surface area contributed by atoms with Gasteiger partial charge >= 0.3 is 0 Å². The van der Waals surface area contributed by atoms with Gasteiger partial charge in [0.2, 0.25) is 0 Å². The van der Waals surface area contributed by atoms with E-state index in [1.165, 1.54) is 44.9 Å². The molecular weight excluding hydrogens is 276 g/mol. The smallest absolute Gasteiger partial charge is 0.0317 e. The Balaban J connectivity index is 2.14. The third-order valence-electron chi connectivity index (χ3n) is 8.19. The zero-order chi connectivity index (χ0) is 17.4. The fourth-order valence-electron chi connectivity index (χ4n) is 6.44. The molecule has 0 aromatic heterocycles. The number of hydrogen-bond acceptors (Lipinski definition) is 0. The van der Waals surface area contributed by atoms with E-state index in [4.69, 9.17) is 0 Å². The van der Waals surface area contributed by atoms with Crippen LogP contribution >= 0.6 is 0 Å². The van der Waals surface area contributed by atoms with Crippen LogP contribution < -0.4 is 0 Å². The molecule has 0 aromatic rings. The number of hydrogen-bond donors (Lipinski definition) is 0. The minimum atomic E-state index is 0.453. The largest absolute Gasteiger partial charge is 0.0651 e. The van der Waals surface area contributed by atoms with Gasteiger partial charge in [0.05, 0.1) is 0 Å². The van der Waals surface area contributed by atoms with E-state index in [0.717, 1.165) is 35.5 Å². The van der Waals surface area contributed by atoms with Gasteiger partial charge in [0.15, 0.2) is 0 Å². The van der Waals surface area contributed by atoms with Crippen LogP contribution in [0.2, 0.25) is 0 Å². The van der Waals surface area contributed by atoms with E-state index in [9.17, 15) is 0 Å². The van der Waals surface area contributed by atoms with Gasteiger partial charge in [0, 0.05) is 0 Å². The predicted molar refractivity (Wildman–Crippen MR) is 104 cm³/mol. The molecular formula is C23H44. The Kier molecular flexibility index (Phi) is 5.95. The maximum absolute atomic E-state index is 2.61. The molecule has 0 saturated heterocycles. The summed E-state index contributed by atoms with van der Waals surface area (Å²) >= 11 is 0. The summed E-state index contributed by atoms with van der Waals surface area (Å²) in [7, 11) is 0. The topological polar surface area (TPSA) is 0 Å². The molecule has 0 amide bonds. The molecule has 23 heavy (non-hydrogen) atoms. The average Bonchev–Trinajstić information content (AvgIpc) is 2.97. The van der Waals surface area contributed by atoms with E-state index in [-0.39, 0.29) is 0 Å². The lowest BCUT2D eigenvalue weighted by atomic mass is 9.61. The summed E-state index contributed by atoms with van der Waals surface area (Å²) in [4.78, 5) is 0. The summed E-state index contributed by atoms with van der Waals surface area (Å²) in [5.74, 6) is 5.83. The van der Waals surface area contributed by atoms with Gasteiger partial charge in [-0.25, -0.2) is 0 Å². The molecule has 2 saturated carbocycles. The van der Waals surface area contributed by atoms with Gasteiger partial charge in [-0.1, -0.05) is 74.7 Å². The van der Waals surface area contributed by atoms with Crippen LogP contribution in [0.3, 0.4) is 0 Å². The first kappa shape index (κ1) is 19.3. The fraction of sp³-hybridized carbons (Fsp3) is 1.00. The van der Waals surface area contributed by atoms with E-state index in [2.05, 4.69) is 55.4 Å². The first-order chi connectivity index (χ1) is 10.6. The Labute approximate surface area is 147 Å². The molecule has 136 valence electrons. The lowest BCUT2D eigenvalue weighted by Crippen LogP contribution is -2.36. The third kappa shape index (κ3) is 3.98. The van der Waals surface area contributed by atoms with Crippen LogP contribution in [0.15, 0.2) is 0 Å².